The number of aromatic nitrogens is 2. The van der Waals surface area contributed by atoms with Gasteiger partial charge in [-0.05, 0) is 18.9 Å². The van der Waals surface area contributed by atoms with Gasteiger partial charge in [-0.25, -0.2) is 9.97 Å². The number of rotatable bonds is 1. The standard InChI is InChI=1S/C11H15ClN4/c1-15-3-8-5-16(6-9(8)4-15)11-2-10(12)13-7-14-11/h2,7-9H,3-6H2,1H3/t8-,9-/m1/s1. The van der Waals surface area contributed by atoms with Crippen molar-refractivity contribution in [3.63, 3.8) is 0 Å². The molecule has 16 heavy (non-hydrogen) atoms. The lowest BCUT2D eigenvalue weighted by molar-refractivity contribution is 0.387. The summed E-state index contributed by atoms with van der Waals surface area (Å²) < 4.78 is 0. The molecule has 5 heteroatoms. The van der Waals surface area contributed by atoms with Gasteiger partial charge in [0.25, 0.3) is 0 Å². The van der Waals surface area contributed by atoms with Gasteiger partial charge >= 0.3 is 0 Å². The maximum absolute atomic E-state index is 5.88. The molecule has 2 saturated heterocycles. The molecule has 0 radical (unpaired) electrons. The molecule has 4 nitrogen and oxygen atoms in total. The molecule has 0 aromatic carbocycles. The molecule has 0 bridgehead atoms. The molecule has 0 saturated carbocycles. The summed E-state index contributed by atoms with van der Waals surface area (Å²) in [5.41, 5.74) is 0. The molecule has 2 aliphatic rings. The lowest BCUT2D eigenvalue weighted by Gasteiger charge is -2.19. The lowest BCUT2D eigenvalue weighted by Crippen LogP contribution is -2.27. The maximum atomic E-state index is 5.88. The number of halogens is 1. The highest BCUT2D eigenvalue weighted by molar-refractivity contribution is 6.29. The molecule has 86 valence electrons. The molecule has 0 aliphatic carbocycles. The third kappa shape index (κ3) is 1.76. The zero-order valence-electron chi connectivity index (χ0n) is 9.30. The minimum Gasteiger partial charge on any atom is -0.356 e. The number of fused-ring (bicyclic) bond motifs is 1. The fourth-order valence-corrected chi connectivity index (χ4v) is 3.05. The summed E-state index contributed by atoms with van der Waals surface area (Å²) in [6.45, 7) is 4.62. The second kappa shape index (κ2) is 3.86. The first-order chi connectivity index (χ1) is 7.72. The van der Waals surface area contributed by atoms with E-state index in [1.807, 2.05) is 6.07 Å². The van der Waals surface area contributed by atoms with E-state index >= 15 is 0 Å². The molecule has 0 amide bonds. The van der Waals surface area contributed by atoms with E-state index < -0.39 is 0 Å². The van der Waals surface area contributed by atoms with Crippen molar-refractivity contribution in [2.24, 2.45) is 11.8 Å². The van der Waals surface area contributed by atoms with Crippen molar-refractivity contribution in [1.82, 2.24) is 14.9 Å². The quantitative estimate of drug-likeness (QED) is 0.687. The summed E-state index contributed by atoms with van der Waals surface area (Å²) in [6, 6.07) is 1.85. The highest BCUT2D eigenvalue weighted by atomic mass is 35.5. The van der Waals surface area contributed by atoms with Gasteiger partial charge in [0, 0.05) is 32.2 Å². The van der Waals surface area contributed by atoms with Crippen LogP contribution in [0.5, 0.6) is 0 Å². The van der Waals surface area contributed by atoms with Gasteiger partial charge in [0.15, 0.2) is 0 Å². The minimum absolute atomic E-state index is 0.527. The average Bonchev–Trinajstić information content (AvgIpc) is 2.74. The van der Waals surface area contributed by atoms with E-state index in [1.165, 1.54) is 19.4 Å². The second-order valence-electron chi connectivity index (χ2n) is 4.85. The van der Waals surface area contributed by atoms with Gasteiger partial charge in [-0.15, -0.1) is 0 Å². The molecule has 3 rings (SSSR count). The largest absolute Gasteiger partial charge is 0.356 e. The Morgan fingerprint density at radius 1 is 1.19 bits per heavy atom. The Balaban J connectivity index is 1.75. The fourth-order valence-electron chi connectivity index (χ4n) is 2.91. The molecule has 2 aliphatic heterocycles. The van der Waals surface area contributed by atoms with E-state index in [0.717, 1.165) is 30.7 Å². The SMILES string of the molecule is CN1C[C@@H]2CN(c3cc(Cl)ncn3)C[C@H]2C1. The number of hydrogen-bond acceptors (Lipinski definition) is 4. The van der Waals surface area contributed by atoms with Crippen molar-refractivity contribution in [1.29, 1.82) is 0 Å². The average molecular weight is 239 g/mol. The van der Waals surface area contributed by atoms with Crippen LogP contribution in [0.3, 0.4) is 0 Å². The topological polar surface area (TPSA) is 32.3 Å². The van der Waals surface area contributed by atoms with Crippen molar-refractivity contribution in [3.8, 4) is 0 Å². The number of nitrogens with zero attached hydrogens (tertiary/aromatic N) is 4. The van der Waals surface area contributed by atoms with E-state index in [1.54, 1.807) is 0 Å². The van der Waals surface area contributed by atoms with Crippen LogP contribution in [-0.4, -0.2) is 48.1 Å². The van der Waals surface area contributed by atoms with Gasteiger partial charge in [-0.1, -0.05) is 11.6 Å². The van der Waals surface area contributed by atoms with Gasteiger partial charge in [0.2, 0.25) is 0 Å². The van der Waals surface area contributed by atoms with Crippen LogP contribution in [0.15, 0.2) is 12.4 Å². The van der Waals surface area contributed by atoms with E-state index in [2.05, 4.69) is 26.8 Å². The van der Waals surface area contributed by atoms with Gasteiger partial charge in [0.1, 0.15) is 17.3 Å². The normalized spacial score (nSPS) is 29.8. The third-order valence-electron chi connectivity index (χ3n) is 3.61. The Morgan fingerprint density at radius 2 is 1.88 bits per heavy atom. The Hall–Kier alpha value is -0.870. The maximum Gasteiger partial charge on any atom is 0.134 e. The van der Waals surface area contributed by atoms with Crippen molar-refractivity contribution in [2.75, 3.05) is 38.1 Å². The second-order valence-corrected chi connectivity index (χ2v) is 5.23. The zero-order valence-corrected chi connectivity index (χ0v) is 10.1. The predicted octanol–water partition coefficient (Wildman–Crippen LogP) is 1.13. The molecule has 0 N–H and O–H groups in total. The van der Waals surface area contributed by atoms with Crippen LogP contribution in [0, 0.1) is 11.8 Å². The zero-order chi connectivity index (χ0) is 11.1. The predicted molar refractivity (Wildman–Crippen MR) is 63.7 cm³/mol. The summed E-state index contributed by atoms with van der Waals surface area (Å²) in [7, 11) is 2.20. The molecule has 3 heterocycles. The molecule has 0 spiro atoms. The summed E-state index contributed by atoms with van der Waals surface area (Å²) in [4.78, 5) is 12.9. The highest BCUT2D eigenvalue weighted by Gasteiger charge is 2.39. The molecular formula is C11H15ClN4. The van der Waals surface area contributed by atoms with Crippen LogP contribution in [0.25, 0.3) is 0 Å². The lowest BCUT2D eigenvalue weighted by atomic mass is 10.0. The van der Waals surface area contributed by atoms with Crippen molar-refractivity contribution < 1.29 is 0 Å². The number of likely N-dealkylation sites (tertiary alicyclic amines) is 1. The van der Waals surface area contributed by atoms with E-state index in [0.29, 0.717) is 5.15 Å². The van der Waals surface area contributed by atoms with E-state index in [-0.39, 0.29) is 0 Å². The van der Waals surface area contributed by atoms with Gasteiger partial charge in [-0.3, -0.25) is 0 Å². The van der Waals surface area contributed by atoms with E-state index in [4.69, 9.17) is 11.6 Å². The summed E-state index contributed by atoms with van der Waals surface area (Å²) in [5.74, 6) is 2.55. The Bertz CT molecular complexity index is 383. The van der Waals surface area contributed by atoms with Crippen molar-refractivity contribution in [2.45, 2.75) is 0 Å². The molecule has 2 fully saturated rings. The molecular weight excluding hydrogens is 224 g/mol. The van der Waals surface area contributed by atoms with Gasteiger partial charge in [0.05, 0.1) is 0 Å². The molecule has 0 unspecified atom stereocenters. The Morgan fingerprint density at radius 3 is 2.50 bits per heavy atom. The molecule has 2 atom stereocenters. The Labute approximate surface area is 100 Å². The van der Waals surface area contributed by atoms with E-state index in [9.17, 15) is 0 Å². The fraction of sp³-hybridized carbons (Fsp3) is 0.636. The van der Waals surface area contributed by atoms with Crippen LogP contribution in [0.4, 0.5) is 5.82 Å². The first-order valence-corrected chi connectivity index (χ1v) is 6.01. The summed E-state index contributed by atoms with van der Waals surface area (Å²) in [5, 5.41) is 0.527. The van der Waals surface area contributed by atoms with Gasteiger partial charge in [-0.2, -0.15) is 0 Å². The van der Waals surface area contributed by atoms with Crippen molar-refractivity contribution >= 4 is 17.4 Å². The smallest absolute Gasteiger partial charge is 0.134 e. The first kappa shape index (κ1) is 10.3. The number of hydrogen-bond donors (Lipinski definition) is 0. The third-order valence-corrected chi connectivity index (χ3v) is 3.82. The van der Waals surface area contributed by atoms with Crippen LogP contribution in [-0.2, 0) is 0 Å². The van der Waals surface area contributed by atoms with Gasteiger partial charge < -0.3 is 9.80 Å². The molecule has 1 aromatic rings. The Kier molecular flexibility index (Phi) is 2.48. The highest BCUT2D eigenvalue weighted by Crippen LogP contribution is 2.32. The summed E-state index contributed by atoms with van der Waals surface area (Å²) >= 11 is 5.88. The van der Waals surface area contributed by atoms with Crippen LogP contribution < -0.4 is 4.90 Å². The van der Waals surface area contributed by atoms with Crippen LogP contribution in [0.1, 0.15) is 0 Å². The summed E-state index contributed by atoms with van der Waals surface area (Å²) in [6.07, 6.45) is 1.54. The van der Waals surface area contributed by atoms with Crippen molar-refractivity contribution in [3.05, 3.63) is 17.5 Å². The first-order valence-electron chi connectivity index (χ1n) is 5.63. The van der Waals surface area contributed by atoms with Crippen LogP contribution in [0.2, 0.25) is 5.15 Å². The van der Waals surface area contributed by atoms with Crippen LogP contribution >= 0.6 is 11.6 Å². The minimum atomic E-state index is 0.527. The number of anilines is 1. The monoisotopic (exact) mass is 238 g/mol. The molecule has 1 aromatic heterocycles.